The standard InChI is InChI=1S/C15H21N5O5/c1-14(2,3)24-12(22)20(13(23)25-15(4,5)6)10-8-9(17-7-16-8)18-11(21)19-10/h7H,1-6H3,(H2,16,17,18,19,21). The highest BCUT2D eigenvalue weighted by molar-refractivity contribution is 6.12. The molecule has 2 heterocycles. The average molecular weight is 351 g/mol. The first-order chi connectivity index (χ1) is 11.4. The molecule has 0 atom stereocenters. The first-order valence-corrected chi connectivity index (χ1v) is 7.53. The fraction of sp³-hybridized carbons (Fsp3) is 0.533. The molecule has 0 saturated carbocycles. The largest absolute Gasteiger partial charge is 0.479 e. The topological polar surface area (TPSA) is 131 Å². The van der Waals surface area contributed by atoms with Gasteiger partial charge < -0.3 is 19.6 Å². The van der Waals surface area contributed by atoms with Gasteiger partial charge in [-0.3, -0.25) is 0 Å². The Morgan fingerprint density at radius 2 is 1.56 bits per heavy atom. The average Bonchev–Trinajstić information content (AvgIpc) is 2.82. The minimum absolute atomic E-state index is 0.106. The number of ether oxygens (including phenoxy) is 2. The van der Waals surface area contributed by atoms with E-state index in [9.17, 15) is 14.7 Å². The molecule has 2 aromatic heterocycles. The van der Waals surface area contributed by atoms with Crippen molar-refractivity contribution in [1.29, 1.82) is 0 Å². The van der Waals surface area contributed by atoms with Gasteiger partial charge in [0.15, 0.2) is 17.0 Å². The number of imidazole rings is 1. The molecule has 2 aromatic rings. The molecule has 2 rings (SSSR count). The number of hydrogen-bond donors (Lipinski definition) is 2. The molecule has 0 spiro atoms. The van der Waals surface area contributed by atoms with E-state index in [0.717, 1.165) is 0 Å². The maximum absolute atomic E-state index is 12.6. The van der Waals surface area contributed by atoms with Crippen LogP contribution in [0.5, 0.6) is 6.01 Å². The number of nitrogens with one attached hydrogen (secondary N) is 1. The lowest BCUT2D eigenvalue weighted by Gasteiger charge is -2.28. The van der Waals surface area contributed by atoms with E-state index in [1.807, 2.05) is 0 Å². The zero-order valence-corrected chi connectivity index (χ0v) is 14.9. The second-order valence-electron chi connectivity index (χ2n) is 7.24. The van der Waals surface area contributed by atoms with Crippen LogP contribution >= 0.6 is 0 Å². The van der Waals surface area contributed by atoms with Gasteiger partial charge in [-0.1, -0.05) is 0 Å². The van der Waals surface area contributed by atoms with Crippen LogP contribution in [0.15, 0.2) is 6.33 Å². The number of hydrogen-bond acceptors (Lipinski definition) is 8. The molecule has 0 bridgehead atoms. The van der Waals surface area contributed by atoms with E-state index in [2.05, 4.69) is 19.9 Å². The lowest BCUT2D eigenvalue weighted by Crippen LogP contribution is -2.44. The third-order valence-corrected chi connectivity index (χ3v) is 2.61. The number of nitrogens with zero attached hydrogens (tertiary/aromatic N) is 4. The number of H-pyrrole nitrogens is 1. The van der Waals surface area contributed by atoms with Crippen molar-refractivity contribution in [2.75, 3.05) is 4.90 Å². The number of rotatable bonds is 1. The summed E-state index contributed by atoms with van der Waals surface area (Å²) in [6, 6.07) is -0.635. The van der Waals surface area contributed by atoms with Crippen LogP contribution in [0.4, 0.5) is 15.4 Å². The molecular weight excluding hydrogens is 330 g/mol. The second kappa shape index (κ2) is 6.19. The summed E-state index contributed by atoms with van der Waals surface area (Å²) in [7, 11) is 0. The Morgan fingerprint density at radius 3 is 2.04 bits per heavy atom. The highest BCUT2D eigenvalue weighted by Crippen LogP contribution is 2.26. The van der Waals surface area contributed by atoms with E-state index in [4.69, 9.17) is 9.47 Å². The minimum Gasteiger partial charge on any atom is -0.479 e. The lowest BCUT2D eigenvalue weighted by molar-refractivity contribution is 0.0429. The van der Waals surface area contributed by atoms with Gasteiger partial charge in [0.2, 0.25) is 0 Å². The van der Waals surface area contributed by atoms with Crippen molar-refractivity contribution < 1.29 is 24.2 Å². The number of aromatic hydroxyl groups is 1. The minimum atomic E-state index is -1.01. The van der Waals surface area contributed by atoms with E-state index in [1.54, 1.807) is 41.5 Å². The molecule has 0 saturated heterocycles. The highest BCUT2D eigenvalue weighted by Gasteiger charge is 2.35. The van der Waals surface area contributed by atoms with Crippen molar-refractivity contribution >= 4 is 29.2 Å². The summed E-state index contributed by atoms with van der Waals surface area (Å²) in [6.45, 7) is 9.92. The van der Waals surface area contributed by atoms with Gasteiger partial charge in [-0.15, -0.1) is 0 Å². The first kappa shape index (κ1) is 18.4. The molecule has 0 radical (unpaired) electrons. The number of imide groups is 1. The van der Waals surface area contributed by atoms with Gasteiger partial charge >= 0.3 is 18.2 Å². The quantitative estimate of drug-likeness (QED) is 0.802. The lowest BCUT2D eigenvalue weighted by atomic mass is 10.2. The Bertz CT molecular complexity index is 775. The summed E-state index contributed by atoms with van der Waals surface area (Å²) in [6.07, 6.45) is -0.724. The molecule has 0 aliphatic heterocycles. The normalized spacial score (nSPS) is 12.1. The summed E-state index contributed by atoms with van der Waals surface area (Å²) >= 11 is 0. The van der Waals surface area contributed by atoms with Crippen LogP contribution in [0.2, 0.25) is 0 Å². The fourth-order valence-electron chi connectivity index (χ4n) is 1.83. The Kier molecular flexibility index (Phi) is 4.56. The summed E-state index contributed by atoms with van der Waals surface area (Å²) in [5, 5.41) is 9.71. The van der Waals surface area contributed by atoms with Crippen LogP contribution < -0.4 is 4.90 Å². The number of aromatic amines is 1. The van der Waals surface area contributed by atoms with Gasteiger partial charge in [0, 0.05) is 0 Å². The Balaban J connectivity index is 2.55. The van der Waals surface area contributed by atoms with Crippen LogP contribution in [0, 0.1) is 0 Å². The summed E-state index contributed by atoms with van der Waals surface area (Å²) in [5.41, 5.74) is -1.47. The van der Waals surface area contributed by atoms with Crippen molar-refractivity contribution in [2.24, 2.45) is 0 Å². The number of aromatic nitrogens is 4. The molecule has 0 aromatic carbocycles. The molecule has 0 aliphatic carbocycles. The monoisotopic (exact) mass is 351 g/mol. The first-order valence-electron chi connectivity index (χ1n) is 7.53. The predicted octanol–water partition coefficient (Wildman–Crippen LogP) is 2.74. The Hall–Kier alpha value is -2.91. The van der Waals surface area contributed by atoms with E-state index in [0.29, 0.717) is 4.90 Å². The van der Waals surface area contributed by atoms with Gasteiger partial charge in [0.1, 0.15) is 11.2 Å². The number of carbonyl (C=O) groups is 2. The van der Waals surface area contributed by atoms with Crippen LogP contribution in [0.1, 0.15) is 41.5 Å². The van der Waals surface area contributed by atoms with E-state index < -0.39 is 29.4 Å². The zero-order valence-electron chi connectivity index (χ0n) is 14.9. The van der Waals surface area contributed by atoms with Gasteiger partial charge in [0.05, 0.1) is 6.33 Å². The van der Waals surface area contributed by atoms with Gasteiger partial charge in [-0.2, -0.15) is 14.9 Å². The number of amides is 2. The van der Waals surface area contributed by atoms with Crippen molar-refractivity contribution in [1.82, 2.24) is 19.9 Å². The Morgan fingerprint density at radius 1 is 1.04 bits per heavy atom. The predicted molar refractivity (Wildman–Crippen MR) is 88.3 cm³/mol. The van der Waals surface area contributed by atoms with Crippen molar-refractivity contribution in [3.05, 3.63) is 6.33 Å². The molecule has 136 valence electrons. The SMILES string of the molecule is CC(C)(C)OC(=O)N(C(=O)OC(C)(C)C)c1nc(O)nc2[nH]cnc12. The smallest absolute Gasteiger partial charge is 0.425 e. The van der Waals surface area contributed by atoms with E-state index >= 15 is 0 Å². The third kappa shape index (κ3) is 4.55. The van der Waals surface area contributed by atoms with Crippen LogP contribution in [0.3, 0.4) is 0 Å². The molecule has 10 heteroatoms. The van der Waals surface area contributed by atoms with Gasteiger partial charge in [-0.05, 0) is 41.5 Å². The molecule has 10 nitrogen and oxygen atoms in total. The maximum Gasteiger partial charge on any atom is 0.425 e. The van der Waals surface area contributed by atoms with Crippen LogP contribution in [0.25, 0.3) is 11.2 Å². The number of anilines is 1. The number of fused-ring (bicyclic) bond motifs is 1. The van der Waals surface area contributed by atoms with Crippen molar-refractivity contribution in [3.63, 3.8) is 0 Å². The maximum atomic E-state index is 12.6. The van der Waals surface area contributed by atoms with Crippen molar-refractivity contribution in [3.8, 4) is 6.01 Å². The molecule has 25 heavy (non-hydrogen) atoms. The fourth-order valence-corrected chi connectivity index (χ4v) is 1.83. The second-order valence-corrected chi connectivity index (χ2v) is 7.24. The highest BCUT2D eigenvalue weighted by atomic mass is 16.6. The summed E-state index contributed by atoms with van der Waals surface area (Å²) < 4.78 is 10.5. The zero-order chi connectivity index (χ0) is 19.0. The molecule has 0 fully saturated rings. The van der Waals surface area contributed by atoms with Gasteiger partial charge in [0.25, 0.3) is 0 Å². The Labute approximate surface area is 144 Å². The van der Waals surface area contributed by atoms with E-state index in [1.165, 1.54) is 6.33 Å². The summed E-state index contributed by atoms with van der Waals surface area (Å²) in [5.74, 6) is -0.243. The molecule has 0 unspecified atom stereocenters. The molecular formula is C15H21N5O5. The summed E-state index contributed by atoms with van der Waals surface area (Å²) in [4.78, 5) is 39.9. The van der Waals surface area contributed by atoms with Crippen LogP contribution in [-0.2, 0) is 9.47 Å². The molecule has 0 aliphatic rings. The van der Waals surface area contributed by atoms with Gasteiger partial charge in [-0.25, -0.2) is 14.6 Å². The molecule has 2 amide bonds. The third-order valence-electron chi connectivity index (χ3n) is 2.61. The molecule has 2 N–H and O–H groups in total. The van der Waals surface area contributed by atoms with E-state index in [-0.39, 0.29) is 17.0 Å². The number of carbonyl (C=O) groups excluding carboxylic acids is 2. The van der Waals surface area contributed by atoms with Crippen molar-refractivity contribution in [2.45, 2.75) is 52.7 Å². The van der Waals surface area contributed by atoms with Crippen LogP contribution in [-0.4, -0.2) is 48.4 Å².